The highest BCUT2D eigenvalue weighted by Gasteiger charge is 2.57. The molecule has 0 spiro atoms. The van der Waals surface area contributed by atoms with Crippen LogP contribution in [0.15, 0.2) is 0 Å². The SMILES string of the molecule is CC1(Cl)OS(=O)OC1(O)O. The van der Waals surface area contributed by atoms with Crippen LogP contribution in [-0.4, -0.2) is 25.5 Å². The van der Waals surface area contributed by atoms with Crippen molar-refractivity contribution < 1.29 is 22.8 Å². The molecule has 2 atom stereocenters. The van der Waals surface area contributed by atoms with E-state index in [-0.39, 0.29) is 0 Å². The molecule has 60 valence electrons. The summed E-state index contributed by atoms with van der Waals surface area (Å²) in [5.74, 6) is -2.70. The van der Waals surface area contributed by atoms with E-state index in [0.29, 0.717) is 0 Å². The molecule has 0 aliphatic carbocycles. The Labute approximate surface area is 64.4 Å². The molecule has 0 aromatic heterocycles. The van der Waals surface area contributed by atoms with E-state index >= 15 is 0 Å². The summed E-state index contributed by atoms with van der Waals surface area (Å²) in [5, 5.41) is 15.7. The van der Waals surface area contributed by atoms with Gasteiger partial charge in [0.25, 0.3) is 0 Å². The quantitative estimate of drug-likeness (QED) is 0.385. The van der Waals surface area contributed by atoms with Gasteiger partial charge in [0.15, 0.2) is 0 Å². The summed E-state index contributed by atoms with van der Waals surface area (Å²) in [7, 11) is 0. The van der Waals surface area contributed by atoms with Crippen LogP contribution in [0.5, 0.6) is 0 Å². The predicted molar refractivity (Wildman–Crippen MR) is 31.7 cm³/mol. The summed E-state index contributed by atoms with van der Waals surface area (Å²) in [6, 6.07) is 0. The van der Waals surface area contributed by atoms with Gasteiger partial charge in [-0.25, -0.2) is 8.37 Å². The molecule has 2 unspecified atom stereocenters. The second-order valence-corrected chi connectivity index (χ2v) is 3.36. The van der Waals surface area contributed by atoms with E-state index in [0.717, 1.165) is 6.92 Å². The highest BCUT2D eigenvalue weighted by atomic mass is 35.5. The average molecular weight is 189 g/mol. The summed E-state index contributed by atoms with van der Waals surface area (Å²) >= 11 is 3.12. The number of hydrogen-bond acceptors (Lipinski definition) is 5. The van der Waals surface area contributed by atoms with Crippen LogP contribution in [0.1, 0.15) is 6.92 Å². The minimum atomic E-state index is -2.70. The first-order valence-electron chi connectivity index (χ1n) is 2.29. The number of hydrogen-bond donors (Lipinski definition) is 2. The van der Waals surface area contributed by atoms with E-state index < -0.39 is 22.4 Å². The number of rotatable bonds is 0. The van der Waals surface area contributed by atoms with E-state index in [1.807, 2.05) is 0 Å². The Bertz CT molecular complexity index is 160. The van der Waals surface area contributed by atoms with Crippen molar-refractivity contribution in [2.24, 2.45) is 0 Å². The molecule has 0 amide bonds. The van der Waals surface area contributed by atoms with Crippen molar-refractivity contribution in [2.45, 2.75) is 18.0 Å². The van der Waals surface area contributed by atoms with Gasteiger partial charge in [-0.3, -0.25) is 0 Å². The maximum Gasteiger partial charge on any atom is 0.339 e. The van der Waals surface area contributed by atoms with Crippen molar-refractivity contribution in [3.05, 3.63) is 0 Å². The Morgan fingerprint density at radius 1 is 1.50 bits per heavy atom. The molecule has 1 rings (SSSR count). The van der Waals surface area contributed by atoms with Crippen molar-refractivity contribution in [3.8, 4) is 0 Å². The van der Waals surface area contributed by atoms with Crippen molar-refractivity contribution in [1.29, 1.82) is 0 Å². The van der Waals surface area contributed by atoms with Gasteiger partial charge in [0.1, 0.15) is 0 Å². The summed E-state index contributed by atoms with van der Waals surface area (Å²) < 4.78 is 18.6. The lowest BCUT2D eigenvalue weighted by atomic mass is 10.3. The highest BCUT2D eigenvalue weighted by Crippen LogP contribution is 2.37. The molecule has 5 nitrogen and oxygen atoms in total. The van der Waals surface area contributed by atoms with Gasteiger partial charge in [0.2, 0.25) is 5.06 Å². The van der Waals surface area contributed by atoms with Crippen molar-refractivity contribution in [1.82, 2.24) is 0 Å². The molecule has 10 heavy (non-hydrogen) atoms. The highest BCUT2D eigenvalue weighted by molar-refractivity contribution is 7.75. The Kier molecular flexibility index (Phi) is 1.78. The molecule has 1 heterocycles. The number of aliphatic hydroxyl groups is 2. The molecule has 1 aliphatic heterocycles. The van der Waals surface area contributed by atoms with Gasteiger partial charge in [-0.05, 0) is 6.92 Å². The smallest absolute Gasteiger partial charge is 0.339 e. The zero-order valence-electron chi connectivity index (χ0n) is 4.91. The third kappa shape index (κ3) is 1.18. The van der Waals surface area contributed by atoms with Crippen LogP contribution < -0.4 is 0 Å². The molecule has 0 radical (unpaired) electrons. The fourth-order valence-electron chi connectivity index (χ4n) is 0.368. The van der Waals surface area contributed by atoms with E-state index in [4.69, 9.17) is 21.8 Å². The first-order valence-corrected chi connectivity index (χ1v) is 3.67. The van der Waals surface area contributed by atoms with E-state index in [1.165, 1.54) is 0 Å². The first-order chi connectivity index (χ1) is 4.35. The topological polar surface area (TPSA) is 76.0 Å². The van der Waals surface area contributed by atoms with Crippen LogP contribution in [0.25, 0.3) is 0 Å². The zero-order valence-corrected chi connectivity index (χ0v) is 6.48. The Morgan fingerprint density at radius 2 is 2.00 bits per heavy atom. The van der Waals surface area contributed by atoms with Gasteiger partial charge in [0.05, 0.1) is 0 Å². The average Bonchev–Trinajstić information content (AvgIpc) is 1.73. The van der Waals surface area contributed by atoms with Crippen LogP contribution in [0, 0.1) is 0 Å². The third-order valence-electron chi connectivity index (χ3n) is 0.990. The van der Waals surface area contributed by atoms with Crippen molar-refractivity contribution >= 4 is 23.0 Å². The Hall–Kier alpha value is 0.280. The van der Waals surface area contributed by atoms with Crippen LogP contribution in [0.2, 0.25) is 0 Å². The second kappa shape index (κ2) is 2.13. The molecule has 2 N–H and O–H groups in total. The molecule has 7 heteroatoms. The maximum absolute atomic E-state index is 10.3. The molecule has 0 saturated carbocycles. The Balaban J connectivity index is 2.88. The van der Waals surface area contributed by atoms with Crippen molar-refractivity contribution in [2.75, 3.05) is 0 Å². The van der Waals surface area contributed by atoms with Crippen LogP contribution in [-0.2, 0) is 19.7 Å². The molecule has 0 aromatic rings. The van der Waals surface area contributed by atoms with Gasteiger partial charge in [-0.1, -0.05) is 11.6 Å². The van der Waals surface area contributed by atoms with E-state index in [1.54, 1.807) is 0 Å². The van der Waals surface area contributed by atoms with Crippen LogP contribution in [0.4, 0.5) is 0 Å². The van der Waals surface area contributed by atoms with Gasteiger partial charge < -0.3 is 10.2 Å². The fourth-order valence-corrected chi connectivity index (χ4v) is 1.35. The second-order valence-electron chi connectivity index (χ2n) is 1.90. The maximum atomic E-state index is 10.3. The molecule has 1 saturated heterocycles. The summed E-state index contributed by atoms with van der Waals surface area (Å²) in [6.45, 7) is 1.12. The van der Waals surface area contributed by atoms with Crippen LogP contribution >= 0.6 is 11.6 Å². The molecule has 1 fully saturated rings. The van der Waals surface area contributed by atoms with Crippen molar-refractivity contribution in [3.63, 3.8) is 0 Å². The monoisotopic (exact) mass is 188 g/mol. The number of halogens is 1. The molecular weight excluding hydrogens is 184 g/mol. The van der Waals surface area contributed by atoms with Gasteiger partial charge in [-0.15, -0.1) is 0 Å². The summed E-state index contributed by atoms with van der Waals surface area (Å²) in [6.07, 6.45) is 0. The van der Waals surface area contributed by atoms with Gasteiger partial charge >= 0.3 is 17.3 Å². The largest absolute Gasteiger partial charge is 0.339 e. The fraction of sp³-hybridized carbons (Fsp3) is 1.00. The molecule has 1 aliphatic rings. The summed E-state index contributed by atoms with van der Waals surface area (Å²) in [4.78, 5) is 0. The van der Waals surface area contributed by atoms with Crippen LogP contribution in [0.3, 0.4) is 0 Å². The molecule has 0 bridgehead atoms. The minimum absolute atomic E-state index is 1.12. The van der Waals surface area contributed by atoms with Gasteiger partial charge in [0, 0.05) is 0 Å². The lowest BCUT2D eigenvalue weighted by Gasteiger charge is -2.21. The lowest BCUT2D eigenvalue weighted by Crippen LogP contribution is -2.45. The van der Waals surface area contributed by atoms with E-state index in [9.17, 15) is 4.21 Å². The number of alkyl halides is 1. The molecular formula is C3H5ClO5S. The third-order valence-corrected chi connectivity index (χ3v) is 2.24. The standard InChI is InChI=1S/C3H5ClO5S/c1-2(4)3(5,6)9-10(7)8-2/h5-6H,1H3. The lowest BCUT2D eigenvalue weighted by molar-refractivity contribution is -0.312. The zero-order chi connectivity index (χ0) is 7.99. The summed E-state index contributed by atoms with van der Waals surface area (Å²) in [5.41, 5.74) is 0. The van der Waals surface area contributed by atoms with E-state index in [2.05, 4.69) is 8.37 Å². The Morgan fingerprint density at radius 3 is 2.10 bits per heavy atom. The van der Waals surface area contributed by atoms with Gasteiger partial charge in [-0.2, -0.15) is 4.21 Å². The first kappa shape index (κ1) is 8.38. The predicted octanol–water partition coefficient (Wildman–Crippen LogP) is -0.795. The normalized spacial score (nSPS) is 45.8. The minimum Gasteiger partial charge on any atom is -0.339 e. The molecule has 0 aromatic carbocycles.